The highest BCUT2D eigenvalue weighted by atomic mass is 35.5. The number of pyridine rings is 1. The summed E-state index contributed by atoms with van der Waals surface area (Å²) in [6.45, 7) is 6.07. The molecule has 35 heavy (non-hydrogen) atoms. The highest BCUT2D eigenvalue weighted by Gasteiger charge is 2.19. The molecular weight excluding hydrogens is 465 g/mol. The Balaban J connectivity index is 1.46. The monoisotopic (exact) mass is 489 g/mol. The van der Waals surface area contributed by atoms with E-state index in [2.05, 4.69) is 45.9 Å². The fraction of sp³-hybridized carbons (Fsp3) is 0.222. The van der Waals surface area contributed by atoms with Gasteiger partial charge in [0.1, 0.15) is 11.5 Å². The Morgan fingerprint density at radius 2 is 1.91 bits per heavy atom. The van der Waals surface area contributed by atoms with Crippen molar-refractivity contribution >= 4 is 40.2 Å². The summed E-state index contributed by atoms with van der Waals surface area (Å²) in [5.41, 5.74) is 2.69. The molecule has 0 unspecified atom stereocenters. The number of rotatable bonds is 5. The van der Waals surface area contributed by atoms with Crippen molar-refractivity contribution in [1.82, 2.24) is 19.4 Å². The lowest BCUT2D eigenvalue weighted by atomic mass is 9.89. The zero-order valence-corrected chi connectivity index (χ0v) is 20.1. The van der Waals surface area contributed by atoms with Gasteiger partial charge in [-0.2, -0.15) is 0 Å². The second-order valence-electron chi connectivity index (χ2n) is 8.81. The molecule has 2 aromatic carbocycles. The molecule has 0 bridgehead atoms. The zero-order valence-electron chi connectivity index (χ0n) is 19.3. The van der Waals surface area contributed by atoms with E-state index in [1.807, 2.05) is 12.1 Å². The highest BCUT2D eigenvalue weighted by Crippen LogP contribution is 2.29. The summed E-state index contributed by atoms with van der Waals surface area (Å²) in [6, 6.07) is 12.6. The van der Waals surface area contributed by atoms with E-state index in [0.717, 1.165) is 31.6 Å². The van der Waals surface area contributed by atoms with Gasteiger partial charge in [0, 0.05) is 23.6 Å². The van der Waals surface area contributed by atoms with Gasteiger partial charge in [-0.1, -0.05) is 42.5 Å². The third kappa shape index (κ3) is 4.57. The van der Waals surface area contributed by atoms with Crippen LogP contribution in [-0.4, -0.2) is 39.6 Å². The molecule has 8 heteroatoms. The van der Waals surface area contributed by atoms with E-state index in [4.69, 9.17) is 11.6 Å². The Bertz CT molecular complexity index is 1440. The van der Waals surface area contributed by atoms with Gasteiger partial charge in [-0.3, -0.25) is 9.36 Å². The van der Waals surface area contributed by atoms with E-state index >= 15 is 0 Å². The number of anilines is 2. The number of fused-ring (bicyclic) bond motifs is 1. The summed E-state index contributed by atoms with van der Waals surface area (Å²) in [6.07, 6.45) is 6.83. The van der Waals surface area contributed by atoms with Crippen LogP contribution in [-0.2, 0) is 0 Å². The van der Waals surface area contributed by atoms with Crippen molar-refractivity contribution in [3.8, 4) is 5.69 Å². The van der Waals surface area contributed by atoms with Crippen LogP contribution in [0.3, 0.4) is 0 Å². The van der Waals surface area contributed by atoms with Crippen molar-refractivity contribution in [2.45, 2.75) is 18.8 Å². The second-order valence-corrected chi connectivity index (χ2v) is 9.22. The molecule has 178 valence electrons. The summed E-state index contributed by atoms with van der Waals surface area (Å²) >= 11 is 6.20. The van der Waals surface area contributed by atoms with Crippen molar-refractivity contribution in [1.29, 1.82) is 0 Å². The van der Waals surface area contributed by atoms with Crippen LogP contribution in [0.15, 0.2) is 66.2 Å². The number of halogens is 2. The lowest BCUT2D eigenvalue weighted by Gasteiger charge is -2.29. The fourth-order valence-electron chi connectivity index (χ4n) is 4.55. The van der Waals surface area contributed by atoms with Crippen molar-refractivity contribution in [2.75, 3.05) is 25.5 Å². The molecule has 1 fully saturated rings. The van der Waals surface area contributed by atoms with Gasteiger partial charge in [-0.05, 0) is 68.7 Å². The van der Waals surface area contributed by atoms with E-state index in [9.17, 15) is 9.18 Å². The number of nitrogens with zero attached hydrogens (tertiary/aromatic N) is 4. The van der Waals surface area contributed by atoms with E-state index in [1.165, 1.54) is 40.7 Å². The quantitative estimate of drug-likeness (QED) is 0.385. The van der Waals surface area contributed by atoms with Gasteiger partial charge in [-0.15, -0.1) is 0 Å². The molecule has 2 aromatic heterocycles. The molecule has 1 aliphatic rings. The molecule has 0 aliphatic carbocycles. The number of piperidine rings is 1. The first-order chi connectivity index (χ1) is 16.9. The van der Waals surface area contributed by atoms with Crippen molar-refractivity contribution < 1.29 is 4.39 Å². The number of nitrogens with one attached hydrogen (secondary N) is 1. The van der Waals surface area contributed by atoms with Crippen LogP contribution < -0.4 is 10.9 Å². The molecule has 0 spiro atoms. The Morgan fingerprint density at radius 1 is 1.17 bits per heavy atom. The van der Waals surface area contributed by atoms with Crippen LogP contribution in [0.25, 0.3) is 22.7 Å². The molecule has 3 heterocycles. The van der Waals surface area contributed by atoms with Gasteiger partial charge in [0.15, 0.2) is 0 Å². The number of aromatic nitrogens is 3. The van der Waals surface area contributed by atoms with Crippen LogP contribution in [0.1, 0.15) is 29.9 Å². The molecule has 6 nitrogen and oxygen atoms in total. The van der Waals surface area contributed by atoms with Gasteiger partial charge in [0.05, 0.1) is 15.9 Å². The maximum absolute atomic E-state index is 14.5. The van der Waals surface area contributed by atoms with Gasteiger partial charge in [0.25, 0.3) is 5.56 Å². The Kier molecular flexibility index (Phi) is 6.36. The summed E-state index contributed by atoms with van der Waals surface area (Å²) in [5, 5.41) is 3.58. The SMILES string of the molecule is C=Cc1cn(-c2c(F)cccc2Cl)c(=O)c2cnc(Nc3ccc(C4CCN(C)CC4)cc3)nc12. The number of hydrogen-bond donors (Lipinski definition) is 1. The van der Waals surface area contributed by atoms with E-state index in [1.54, 1.807) is 6.08 Å². The minimum Gasteiger partial charge on any atom is -0.324 e. The van der Waals surface area contributed by atoms with Gasteiger partial charge < -0.3 is 10.2 Å². The van der Waals surface area contributed by atoms with Crippen molar-refractivity contribution in [3.05, 3.63) is 93.8 Å². The van der Waals surface area contributed by atoms with Gasteiger partial charge in [0.2, 0.25) is 5.95 Å². The third-order valence-corrected chi connectivity index (χ3v) is 6.84. The molecule has 4 aromatic rings. The molecule has 1 aliphatic heterocycles. The molecular formula is C27H25ClFN5O. The Hall–Kier alpha value is -3.55. The minimum absolute atomic E-state index is 0.0175. The average molecular weight is 490 g/mol. The number of hydrogen-bond acceptors (Lipinski definition) is 5. The standard InChI is InChI=1S/C27H25ClFN5O/c1-3-17-16-34(25-22(28)5-4-6-23(25)29)26(35)21-15-30-27(32-24(17)21)31-20-9-7-18(8-10-20)19-11-13-33(2)14-12-19/h3-10,15-16,19H,1,11-14H2,2H3,(H,30,31,32). The van der Waals surface area contributed by atoms with Crippen LogP contribution in [0.2, 0.25) is 5.02 Å². The van der Waals surface area contributed by atoms with Crippen LogP contribution in [0.4, 0.5) is 16.0 Å². The second kappa shape index (κ2) is 9.60. The fourth-order valence-corrected chi connectivity index (χ4v) is 4.81. The molecule has 0 atom stereocenters. The number of benzene rings is 2. The molecule has 5 rings (SSSR count). The summed E-state index contributed by atoms with van der Waals surface area (Å²) in [7, 11) is 2.16. The lowest BCUT2D eigenvalue weighted by molar-refractivity contribution is 0.255. The first-order valence-electron chi connectivity index (χ1n) is 11.5. The number of para-hydroxylation sites is 1. The van der Waals surface area contributed by atoms with Crippen LogP contribution >= 0.6 is 11.6 Å². The van der Waals surface area contributed by atoms with E-state index in [0.29, 0.717) is 22.9 Å². The maximum Gasteiger partial charge on any atom is 0.266 e. The highest BCUT2D eigenvalue weighted by molar-refractivity contribution is 6.32. The molecule has 1 saturated heterocycles. The predicted molar refractivity (Wildman–Crippen MR) is 139 cm³/mol. The summed E-state index contributed by atoms with van der Waals surface area (Å²) in [5.74, 6) is 0.336. The molecule has 0 amide bonds. The first-order valence-corrected chi connectivity index (χ1v) is 11.9. The van der Waals surface area contributed by atoms with Crippen LogP contribution in [0, 0.1) is 5.82 Å². The third-order valence-electron chi connectivity index (χ3n) is 6.53. The minimum atomic E-state index is -0.600. The smallest absolute Gasteiger partial charge is 0.266 e. The molecule has 0 saturated carbocycles. The largest absolute Gasteiger partial charge is 0.324 e. The Labute approximate surface area is 207 Å². The predicted octanol–water partition coefficient (Wildman–Crippen LogP) is 5.77. The van der Waals surface area contributed by atoms with E-state index < -0.39 is 11.4 Å². The molecule has 1 N–H and O–H groups in total. The van der Waals surface area contributed by atoms with Crippen LogP contribution in [0.5, 0.6) is 0 Å². The maximum atomic E-state index is 14.5. The lowest BCUT2D eigenvalue weighted by Crippen LogP contribution is -2.29. The average Bonchev–Trinajstić information content (AvgIpc) is 2.86. The topological polar surface area (TPSA) is 63.1 Å². The Morgan fingerprint density at radius 3 is 2.60 bits per heavy atom. The summed E-state index contributed by atoms with van der Waals surface area (Å²) in [4.78, 5) is 24.4. The van der Waals surface area contributed by atoms with Crippen molar-refractivity contribution in [3.63, 3.8) is 0 Å². The van der Waals surface area contributed by atoms with E-state index in [-0.39, 0.29) is 16.1 Å². The molecule has 0 radical (unpaired) electrons. The number of likely N-dealkylation sites (tertiary alicyclic amines) is 1. The normalized spacial score (nSPS) is 14.8. The zero-order chi connectivity index (χ0) is 24.5. The first kappa shape index (κ1) is 23.2. The van der Waals surface area contributed by atoms with Gasteiger partial charge in [-0.25, -0.2) is 14.4 Å². The summed E-state index contributed by atoms with van der Waals surface area (Å²) < 4.78 is 15.7. The van der Waals surface area contributed by atoms with Crippen molar-refractivity contribution in [2.24, 2.45) is 0 Å². The van der Waals surface area contributed by atoms with Gasteiger partial charge >= 0.3 is 0 Å².